The number of nitriles is 1. The van der Waals surface area contributed by atoms with Gasteiger partial charge in [0.2, 0.25) is 5.91 Å². The monoisotopic (exact) mass is 230 g/mol. The first kappa shape index (κ1) is 11.6. The average Bonchev–Trinajstić information content (AvgIpc) is 2.82. The van der Waals surface area contributed by atoms with E-state index in [0.717, 1.165) is 19.4 Å². The quantitative estimate of drug-likeness (QED) is 0.864. The van der Waals surface area contributed by atoms with Gasteiger partial charge in [-0.25, -0.2) is 0 Å². The minimum atomic E-state index is -0.0630. The summed E-state index contributed by atoms with van der Waals surface area (Å²) in [7, 11) is 0. The van der Waals surface area contributed by atoms with Crippen LogP contribution >= 0.6 is 0 Å². The molecule has 4 heteroatoms. The predicted molar refractivity (Wildman–Crippen MR) is 63.4 cm³/mol. The van der Waals surface area contributed by atoms with Gasteiger partial charge in [0.05, 0.1) is 24.2 Å². The molecule has 1 atom stereocenters. The van der Waals surface area contributed by atoms with Crippen molar-refractivity contribution in [2.24, 2.45) is 0 Å². The Balaban J connectivity index is 1.91. The second-order valence-corrected chi connectivity index (χ2v) is 4.08. The molecule has 1 aromatic carbocycles. The Hall–Kier alpha value is -1.86. The third-order valence-corrected chi connectivity index (χ3v) is 2.71. The van der Waals surface area contributed by atoms with Crippen molar-refractivity contribution in [2.45, 2.75) is 25.4 Å². The first-order chi connectivity index (χ1) is 8.28. The second kappa shape index (κ2) is 5.46. The second-order valence-electron chi connectivity index (χ2n) is 4.08. The van der Waals surface area contributed by atoms with Crippen molar-refractivity contribution in [3.8, 4) is 6.07 Å². The third-order valence-electron chi connectivity index (χ3n) is 2.71. The van der Waals surface area contributed by atoms with Crippen LogP contribution in [0.4, 0.5) is 5.69 Å². The number of ether oxygens (including phenoxy) is 1. The summed E-state index contributed by atoms with van der Waals surface area (Å²) < 4.78 is 5.39. The molecule has 4 nitrogen and oxygen atoms in total. The summed E-state index contributed by atoms with van der Waals surface area (Å²) in [6, 6.07) is 8.92. The molecule has 1 heterocycles. The summed E-state index contributed by atoms with van der Waals surface area (Å²) in [5.74, 6) is -0.0630. The predicted octanol–water partition coefficient (Wildman–Crippen LogP) is 2.07. The van der Waals surface area contributed by atoms with Gasteiger partial charge < -0.3 is 10.1 Å². The molecule has 1 aromatic rings. The average molecular weight is 230 g/mol. The van der Waals surface area contributed by atoms with Crippen LogP contribution in [0.25, 0.3) is 0 Å². The van der Waals surface area contributed by atoms with E-state index < -0.39 is 0 Å². The maximum atomic E-state index is 11.7. The molecule has 1 saturated heterocycles. The topological polar surface area (TPSA) is 62.1 Å². The highest BCUT2D eigenvalue weighted by molar-refractivity contribution is 5.91. The molecule has 88 valence electrons. The third kappa shape index (κ3) is 3.30. The van der Waals surface area contributed by atoms with E-state index in [2.05, 4.69) is 5.32 Å². The van der Waals surface area contributed by atoms with Gasteiger partial charge in [0, 0.05) is 12.3 Å². The van der Waals surface area contributed by atoms with Crippen molar-refractivity contribution in [1.82, 2.24) is 0 Å². The van der Waals surface area contributed by atoms with Gasteiger partial charge in [0.15, 0.2) is 0 Å². The lowest BCUT2D eigenvalue weighted by molar-refractivity contribution is -0.118. The Morgan fingerprint density at radius 1 is 1.59 bits per heavy atom. The lowest BCUT2D eigenvalue weighted by atomic mass is 10.1. The number of nitrogens with one attached hydrogen (secondary N) is 1. The largest absolute Gasteiger partial charge is 0.378 e. The Morgan fingerprint density at radius 3 is 3.18 bits per heavy atom. The van der Waals surface area contributed by atoms with Crippen LogP contribution in [0.3, 0.4) is 0 Å². The van der Waals surface area contributed by atoms with Gasteiger partial charge in [-0.05, 0) is 31.0 Å². The summed E-state index contributed by atoms with van der Waals surface area (Å²) in [5.41, 5.74) is 1.20. The zero-order valence-electron chi connectivity index (χ0n) is 9.48. The molecule has 0 aliphatic carbocycles. The first-order valence-corrected chi connectivity index (χ1v) is 5.69. The Morgan fingerprint density at radius 2 is 2.47 bits per heavy atom. The summed E-state index contributed by atoms with van der Waals surface area (Å²) >= 11 is 0. The Labute approximate surface area is 100 Å². The number of rotatable bonds is 3. The van der Waals surface area contributed by atoms with Crippen molar-refractivity contribution in [2.75, 3.05) is 11.9 Å². The number of carbonyl (C=O) groups is 1. The van der Waals surface area contributed by atoms with E-state index in [4.69, 9.17) is 10.00 Å². The Kier molecular flexibility index (Phi) is 3.73. The van der Waals surface area contributed by atoms with Crippen molar-refractivity contribution in [3.63, 3.8) is 0 Å². The number of carbonyl (C=O) groups excluding carboxylic acids is 1. The summed E-state index contributed by atoms with van der Waals surface area (Å²) in [6.45, 7) is 0.752. The maximum absolute atomic E-state index is 11.7. The van der Waals surface area contributed by atoms with Crippen LogP contribution < -0.4 is 5.32 Å². The van der Waals surface area contributed by atoms with E-state index in [1.165, 1.54) is 0 Å². The normalized spacial score (nSPS) is 18.6. The van der Waals surface area contributed by atoms with Crippen LogP contribution in [0.1, 0.15) is 24.8 Å². The zero-order chi connectivity index (χ0) is 12.1. The standard InChI is InChI=1S/C13H14N2O2/c14-9-10-3-1-4-11(7-10)15-13(16)8-12-5-2-6-17-12/h1,3-4,7,12H,2,5-6,8H2,(H,15,16). The molecule has 1 amide bonds. The van der Waals surface area contributed by atoms with Crippen LogP contribution in [0.5, 0.6) is 0 Å². The number of amides is 1. The minimum absolute atomic E-state index is 0.0501. The molecule has 2 rings (SSSR count). The van der Waals surface area contributed by atoms with Crippen molar-refractivity contribution in [1.29, 1.82) is 5.26 Å². The van der Waals surface area contributed by atoms with Crippen LogP contribution in [0, 0.1) is 11.3 Å². The van der Waals surface area contributed by atoms with Gasteiger partial charge >= 0.3 is 0 Å². The van der Waals surface area contributed by atoms with Crippen molar-refractivity contribution >= 4 is 11.6 Å². The van der Waals surface area contributed by atoms with Gasteiger partial charge in [0.25, 0.3) is 0 Å². The van der Waals surface area contributed by atoms with Crippen LogP contribution in [-0.2, 0) is 9.53 Å². The highest BCUT2D eigenvalue weighted by Crippen LogP contribution is 2.16. The maximum Gasteiger partial charge on any atom is 0.226 e. The van der Waals surface area contributed by atoms with Crippen LogP contribution in [0.2, 0.25) is 0 Å². The molecule has 0 bridgehead atoms. The van der Waals surface area contributed by atoms with E-state index in [0.29, 0.717) is 17.7 Å². The highest BCUT2D eigenvalue weighted by Gasteiger charge is 2.18. The molecule has 0 spiro atoms. The number of benzene rings is 1. The van der Waals surface area contributed by atoms with E-state index >= 15 is 0 Å². The van der Waals surface area contributed by atoms with E-state index in [1.807, 2.05) is 6.07 Å². The zero-order valence-corrected chi connectivity index (χ0v) is 9.48. The molecule has 17 heavy (non-hydrogen) atoms. The van der Waals surface area contributed by atoms with E-state index in [-0.39, 0.29) is 12.0 Å². The molecule has 1 unspecified atom stereocenters. The van der Waals surface area contributed by atoms with Gasteiger partial charge in [-0.15, -0.1) is 0 Å². The molecule has 0 saturated carbocycles. The highest BCUT2D eigenvalue weighted by atomic mass is 16.5. The minimum Gasteiger partial charge on any atom is -0.378 e. The molecular weight excluding hydrogens is 216 g/mol. The molecule has 1 N–H and O–H groups in total. The first-order valence-electron chi connectivity index (χ1n) is 5.69. The van der Waals surface area contributed by atoms with Crippen LogP contribution in [0.15, 0.2) is 24.3 Å². The summed E-state index contributed by atoms with van der Waals surface area (Å²) in [5, 5.41) is 11.5. The van der Waals surface area contributed by atoms with Crippen molar-refractivity contribution in [3.05, 3.63) is 29.8 Å². The molecular formula is C13H14N2O2. The SMILES string of the molecule is N#Cc1cccc(NC(=O)CC2CCCO2)c1. The molecule has 0 aromatic heterocycles. The molecule has 1 aliphatic rings. The van der Waals surface area contributed by atoms with Gasteiger partial charge in [0.1, 0.15) is 0 Å². The van der Waals surface area contributed by atoms with Crippen LogP contribution in [-0.4, -0.2) is 18.6 Å². The van der Waals surface area contributed by atoms with E-state index in [1.54, 1.807) is 24.3 Å². The molecule has 0 radical (unpaired) electrons. The Bertz CT molecular complexity index is 445. The lowest BCUT2D eigenvalue weighted by Gasteiger charge is -2.09. The van der Waals surface area contributed by atoms with E-state index in [9.17, 15) is 4.79 Å². The fourth-order valence-corrected chi connectivity index (χ4v) is 1.89. The summed E-state index contributed by atoms with van der Waals surface area (Å²) in [6.07, 6.45) is 2.42. The number of anilines is 1. The fourth-order valence-electron chi connectivity index (χ4n) is 1.89. The lowest BCUT2D eigenvalue weighted by Crippen LogP contribution is -2.19. The van der Waals surface area contributed by atoms with Gasteiger partial charge in [-0.1, -0.05) is 6.07 Å². The van der Waals surface area contributed by atoms with Crippen molar-refractivity contribution < 1.29 is 9.53 Å². The smallest absolute Gasteiger partial charge is 0.226 e. The fraction of sp³-hybridized carbons (Fsp3) is 0.385. The summed E-state index contributed by atoms with van der Waals surface area (Å²) in [4.78, 5) is 11.7. The molecule has 1 aliphatic heterocycles. The van der Waals surface area contributed by atoms with Gasteiger partial charge in [-0.2, -0.15) is 5.26 Å². The van der Waals surface area contributed by atoms with Gasteiger partial charge in [-0.3, -0.25) is 4.79 Å². The number of hydrogen-bond acceptors (Lipinski definition) is 3. The molecule has 1 fully saturated rings. The number of nitrogens with zero attached hydrogens (tertiary/aromatic N) is 1. The number of hydrogen-bond donors (Lipinski definition) is 1.